The van der Waals surface area contributed by atoms with Gasteiger partial charge in [-0.1, -0.05) is 49.6 Å². The molecule has 1 aromatic rings. The van der Waals surface area contributed by atoms with Crippen molar-refractivity contribution in [2.75, 3.05) is 11.8 Å². The van der Waals surface area contributed by atoms with Crippen molar-refractivity contribution in [1.29, 1.82) is 0 Å². The highest BCUT2D eigenvalue weighted by Crippen LogP contribution is 2.33. The standard InChI is InChI=1S/C14H20Cl2/c1-3-4-8-14(10-15,11-16)13-7-5-6-12(2)9-13/h5-7,9H,3-4,8,10-11H2,1-2H3. The van der Waals surface area contributed by atoms with Gasteiger partial charge in [0.2, 0.25) is 0 Å². The molecule has 0 aromatic heterocycles. The van der Waals surface area contributed by atoms with Gasteiger partial charge in [-0.15, -0.1) is 23.2 Å². The van der Waals surface area contributed by atoms with Crippen LogP contribution < -0.4 is 0 Å². The zero-order valence-corrected chi connectivity index (χ0v) is 11.6. The van der Waals surface area contributed by atoms with Crippen LogP contribution in [-0.2, 0) is 5.41 Å². The molecule has 0 aliphatic carbocycles. The van der Waals surface area contributed by atoms with Gasteiger partial charge in [0.1, 0.15) is 0 Å². The van der Waals surface area contributed by atoms with Crippen molar-refractivity contribution in [3.8, 4) is 0 Å². The van der Waals surface area contributed by atoms with E-state index in [1.807, 2.05) is 0 Å². The normalized spacial score (nSPS) is 11.8. The third-order valence-electron chi connectivity index (χ3n) is 3.15. The highest BCUT2D eigenvalue weighted by molar-refractivity contribution is 6.22. The zero-order valence-electron chi connectivity index (χ0n) is 10.1. The maximum Gasteiger partial charge on any atom is 0.0332 e. The molecule has 0 bridgehead atoms. The molecule has 0 saturated carbocycles. The molecule has 0 atom stereocenters. The van der Waals surface area contributed by atoms with E-state index in [-0.39, 0.29) is 5.41 Å². The van der Waals surface area contributed by atoms with Gasteiger partial charge in [0, 0.05) is 17.2 Å². The Kier molecular flexibility index (Phi) is 5.64. The average molecular weight is 259 g/mol. The van der Waals surface area contributed by atoms with Gasteiger partial charge in [0.15, 0.2) is 0 Å². The van der Waals surface area contributed by atoms with Crippen LogP contribution in [0.5, 0.6) is 0 Å². The third-order valence-corrected chi connectivity index (χ3v) is 4.17. The van der Waals surface area contributed by atoms with Crippen LogP contribution in [0.2, 0.25) is 0 Å². The summed E-state index contributed by atoms with van der Waals surface area (Å²) in [6, 6.07) is 8.55. The molecule has 0 heterocycles. The van der Waals surface area contributed by atoms with Crippen molar-refractivity contribution in [1.82, 2.24) is 0 Å². The fourth-order valence-electron chi connectivity index (χ4n) is 1.96. The predicted octanol–water partition coefficient (Wildman–Crippen LogP) is 4.90. The summed E-state index contributed by atoms with van der Waals surface area (Å²) in [5.41, 5.74) is 2.50. The van der Waals surface area contributed by atoms with E-state index in [1.54, 1.807) is 0 Å². The fraction of sp³-hybridized carbons (Fsp3) is 0.571. The molecule has 2 heteroatoms. The van der Waals surface area contributed by atoms with Gasteiger partial charge in [-0.05, 0) is 18.9 Å². The van der Waals surface area contributed by atoms with Gasteiger partial charge in [-0.2, -0.15) is 0 Å². The average Bonchev–Trinajstić information content (AvgIpc) is 2.31. The monoisotopic (exact) mass is 258 g/mol. The van der Waals surface area contributed by atoms with Crippen molar-refractivity contribution in [2.45, 2.75) is 38.5 Å². The van der Waals surface area contributed by atoms with Crippen LogP contribution in [0, 0.1) is 6.92 Å². The Hall–Kier alpha value is -0.200. The van der Waals surface area contributed by atoms with E-state index in [0.717, 1.165) is 6.42 Å². The molecule has 0 saturated heterocycles. The largest absolute Gasteiger partial charge is 0.126 e. The number of unbranched alkanes of at least 4 members (excludes halogenated alkanes) is 1. The summed E-state index contributed by atoms with van der Waals surface area (Å²) < 4.78 is 0. The summed E-state index contributed by atoms with van der Waals surface area (Å²) in [6.45, 7) is 4.31. The second-order valence-electron chi connectivity index (χ2n) is 4.52. The molecule has 0 fully saturated rings. The first-order chi connectivity index (χ1) is 7.68. The van der Waals surface area contributed by atoms with Crippen LogP contribution in [0.15, 0.2) is 24.3 Å². The number of halogens is 2. The molecule has 0 unspecified atom stereocenters. The summed E-state index contributed by atoms with van der Waals surface area (Å²) in [6.07, 6.45) is 3.43. The fourth-order valence-corrected chi connectivity index (χ4v) is 2.82. The van der Waals surface area contributed by atoms with Crippen LogP contribution in [0.4, 0.5) is 0 Å². The van der Waals surface area contributed by atoms with Gasteiger partial charge >= 0.3 is 0 Å². The van der Waals surface area contributed by atoms with Crippen LogP contribution in [-0.4, -0.2) is 11.8 Å². The summed E-state index contributed by atoms with van der Waals surface area (Å²) in [5.74, 6) is 1.19. The van der Waals surface area contributed by atoms with Gasteiger partial charge in [0.25, 0.3) is 0 Å². The molecule has 0 aliphatic heterocycles. The SMILES string of the molecule is CCCCC(CCl)(CCl)c1cccc(C)c1. The summed E-state index contributed by atoms with van der Waals surface area (Å²) in [5, 5.41) is 0. The molecule has 0 N–H and O–H groups in total. The Bertz CT molecular complexity index is 316. The first kappa shape index (κ1) is 13.9. The lowest BCUT2D eigenvalue weighted by Crippen LogP contribution is -2.30. The Morgan fingerprint density at radius 1 is 1.19 bits per heavy atom. The molecule has 1 rings (SSSR count). The number of aryl methyl sites for hydroxylation is 1. The number of alkyl halides is 2. The van der Waals surface area contributed by atoms with Gasteiger partial charge in [-0.3, -0.25) is 0 Å². The molecule has 0 amide bonds. The van der Waals surface area contributed by atoms with E-state index in [9.17, 15) is 0 Å². The summed E-state index contributed by atoms with van der Waals surface area (Å²) >= 11 is 12.3. The van der Waals surface area contributed by atoms with Crippen molar-refractivity contribution in [3.63, 3.8) is 0 Å². The van der Waals surface area contributed by atoms with E-state index in [2.05, 4.69) is 38.1 Å². The van der Waals surface area contributed by atoms with Crippen molar-refractivity contribution in [2.24, 2.45) is 0 Å². The van der Waals surface area contributed by atoms with Crippen LogP contribution in [0.3, 0.4) is 0 Å². The first-order valence-electron chi connectivity index (χ1n) is 5.87. The lowest BCUT2D eigenvalue weighted by Gasteiger charge is -2.30. The minimum absolute atomic E-state index is 0.0505. The predicted molar refractivity (Wildman–Crippen MR) is 73.8 cm³/mol. The molecular weight excluding hydrogens is 239 g/mol. The van der Waals surface area contributed by atoms with E-state index < -0.39 is 0 Å². The summed E-state index contributed by atoms with van der Waals surface area (Å²) in [4.78, 5) is 0. The maximum absolute atomic E-state index is 6.16. The smallest absolute Gasteiger partial charge is 0.0332 e. The molecule has 0 aliphatic rings. The Morgan fingerprint density at radius 3 is 2.38 bits per heavy atom. The molecule has 0 nitrogen and oxygen atoms in total. The van der Waals surface area contributed by atoms with E-state index in [1.165, 1.54) is 24.0 Å². The van der Waals surface area contributed by atoms with Crippen molar-refractivity contribution < 1.29 is 0 Å². The Balaban J connectivity index is 2.99. The minimum Gasteiger partial charge on any atom is -0.126 e. The van der Waals surface area contributed by atoms with Crippen molar-refractivity contribution in [3.05, 3.63) is 35.4 Å². The lowest BCUT2D eigenvalue weighted by atomic mass is 9.79. The number of hydrogen-bond donors (Lipinski definition) is 0. The van der Waals surface area contributed by atoms with Gasteiger partial charge in [0.05, 0.1) is 0 Å². The number of rotatable bonds is 6. The van der Waals surface area contributed by atoms with Crippen molar-refractivity contribution >= 4 is 23.2 Å². The molecule has 0 radical (unpaired) electrons. The number of benzene rings is 1. The van der Waals surface area contributed by atoms with Gasteiger partial charge < -0.3 is 0 Å². The highest BCUT2D eigenvalue weighted by Gasteiger charge is 2.29. The second-order valence-corrected chi connectivity index (χ2v) is 5.06. The quantitative estimate of drug-likeness (QED) is 0.637. The molecular formula is C14H20Cl2. The molecule has 1 aromatic carbocycles. The molecule has 16 heavy (non-hydrogen) atoms. The maximum atomic E-state index is 6.16. The topological polar surface area (TPSA) is 0 Å². The molecule has 90 valence electrons. The number of hydrogen-bond acceptors (Lipinski definition) is 0. The zero-order chi connectivity index (χ0) is 12.0. The molecule has 0 spiro atoms. The Morgan fingerprint density at radius 2 is 1.88 bits per heavy atom. The third kappa shape index (κ3) is 3.15. The highest BCUT2D eigenvalue weighted by atomic mass is 35.5. The second kappa shape index (κ2) is 6.51. The first-order valence-corrected chi connectivity index (χ1v) is 6.94. The van der Waals surface area contributed by atoms with E-state index in [4.69, 9.17) is 23.2 Å². The van der Waals surface area contributed by atoms with Crippen LogP contribution in [0.25, 0.3) is 0 Å². The van der Waals surface area contributed by atoms with Gasteiger partial charge in [-0.25, -0.2) is 0 Å². The van der Waals surface area contributed by atoms with Crippen LogP contribution in [0.1, 0.15) is 37.3 Å². The van der Waals surface area contributed by atoms with E-state index in [0.29, 0.717) is 11.8 Å². The minimum atomic E-state index is -0.0505. The van der Waals surface area contributed by atoms with E-state index >= 15 is 0 Å². The Labute approximate surface area is 109 Å². The summed E-state index contributed by atoms with van der Waals surface area (Å²) in [7, 11) is 0. The lowest BCUT2D eigenvalue weighted by molar-refractivity contribution is 0.469. The van der Waals surface area contributed by atoms with Crippen LogP contribution >= 0.6 is 23.2 Å².